The predicted octanol–water partition coefficient (Wildman–Crippen LogP) is -4.79. The first kappa shape index (κ1) is 16.8. The summed E-state index contributed by atoms with van der Waals surface area (Å²) in [6.07, 6.45) is -6.33. The Balaban J connectivity index is 4.84. The monoisotopic (exact) mass is 283 g/mol. The summed E-state index contributed by atoms with van der Waals surface area (Å²) in [5, 5.41) is 36.4. The van der Waals surface area contributed by atoms with E-state index in [4.69, 9.17) is 10.8 Å². The van der Waals surface area contributed by atoms with E-state index >= 15 is 0 Å². The fourth-order valence-corrected chi connectivity index (χ4v) is 1.29. The van der Waals surface area contributed by atoms with Crippen molar-refractivity contribution in [2.45, 2.75) is 24.4 Å². The number of aliphatic hydroxyl groups is 4. The number of rotatable bonds is 7. The van der Waals surface area contributed by atoms with Crippen LogP contribution in [0.3, 0.4) is 0 Å². The second-order valence-corrected chi connectivity index (χ2v) is 4.14. The molecular formula is C8H13NO8S. The van der Waals surface area contributed by atoms with Crippen LogP contribution in [-0.2, 0) is 19.9 Å². The quantitative estimate of drug-likeness (QED) is 0.227. The van der Waals surface area contributed by atoms with Gasteiger partial charge in [0.1, 0.15) is 23.7 Å². The topological polar surface area (TPSA) is 175 Å². The zero-order valence-corrected chi connectivity index (χ0v) is 9.82. The lowest BCUT2D eigenvalue weighted by atomic mass is 9.98. The summed E-state index contributed by atoms with van der Waals surface area (Å²) in [5.41, 5.74) is 5.14. The second kappa shape index (κ2) is 7.31. The zero-order valence-electron chi connectivity index (χ0n) is 9.00. The largest absolute Gasteiger partial charge is 0.395 e. The lowest BCUT2D eigenvalue weighted by Crippen LogP contribution is -2.53. The molecule has 0 saturated heterocycles. The summed E-state index contributed by atoms with van der Waals surface area (Å²) in [6, 6.07) is -1.34. The van der Waals surface area contributed by atoms with Gasteiger partial charge in [0.25, 0.3) is 0 Å². The highest BCUT2D eigenvalue weighted by Gasteiger charge is 2.35. The Hall–Kier alpha value is -1.17. The minimum atomic E-state index is -2.93. The van der Waals surface area contributed by atoms with Gasteiger partial charge in [0, 0.05) is 0 Å². The summed E-state index contributed by atoms with van der Waals surface area (Å²) >= 11 is 0. The van der Waals surface area contributed by atoms with E-state index in [0.717, 1.165) is 0 Å². The first-order chi connectivity index (χ1) is 8.22. The van der Waals surface area contributed by atoms with Gasteiger partial charge in [0.05, 0.1) is 12.6 Å². The Morgan fingerprint density at radius 3 is 2.06 bits per heavy atom. The first-order valence-electron chi connectivity index (χ1n) is 4.64. The van der Waals surface area contributed by atoms with Gasteiger partial charge in [0.15, 0.2) is 0 Å². The van der Waals surface area contributed by atoms with Gasteiger partial charge in [-0.3, -0.25) is 9.59 Å². The van der Waals surface area contributed by atoms with Crippen molar-refractivity contribution in [3.8, 4) is 0 Å². The summed E-state index contributed by atoms with van der Waals surface area (Å²) < 4.78 is 20.2. The molecule has 0 aromatic rings. The van der Waals surface area contributed by atoms with Crippen molar-refractivity contribution in [1.82, 2.24) is 0 Å². The van der Waals surface area contributed by atoms with Crippen molar-refractivity contribution in [2.24, 2.45) is 5.73 Å². The van der Waals surface area contributed by atoms with Crippen molar-refractivity contribution >= 4 is 27.2 Å². The van der Waals surface area contributed by atoms with Gasteiger partial charge in [-0.05, 0) is 0 Å². The fourth-order valence-electron chi connectivity index (χ4n) is 0.994. The Morgan fingerprint density at radius 2 is 1.67 bits per heavy atom. The third-order valence-electron chi connectivity index (χ3n) is 2.04. The molecule has 6 N–H and O–H groups in total. The molecule has 9 nitrogen and oxygen atoms in total. The van der Waals surface area contributed by atoms with Crippen LogP contribution in [0.1, 0.15) is 0 Å². The molecule has 4 atom stereocenters. The predicted molar refractivity (Wildman–Crippen MR) is 58.1 cm³/mol. The van der Waals surface area contributed by atoms with Gasteiger partial charge >= 0.3 is 0 Å². The number of carbonyl (C=O) groups excluding carboxylic acids is 2. The molecule has 104 valence electrons. The third-order valence-corrected chi connectivity index (χ3v) is 2.44. The van der Waals surface area contributed by atoms with Crippen LogP contribution in [0.2, 0.25) is 0 Å². The van der Waals surface area contributed by atoms with Gasteiger partial charge < -0.3 is 26.2 Å². The van der Waals surface area contributed by atoms with Gasteiger partial charge in [0.2, 0.25) is 21.9 Å². The molecule has 0 fully saturated rings. The summed E-state index contributed by atoms with van der Waals surface area (Å²) in [6.45, 7) is -0.732. The van der Waals surface area contributed by atoms with Crippen LogP contribution in [0.4, 0.5) is 0 Å². The van der Waals surface area contributed by atoms with Crippen molar-refractivity contribution < 1.29 is 38.4 Å². The number of nitrogens with two attached hydrogens (primary N) is 1. The molecule has 0 aliphatic heterocycles. The van der Waals surface area contributed by atoms with Crippen molar-refractivity contribution in [3.63, 3.8) is 0 Å². The number of hydrogen-bond acceptors (Lipinski definition) is 9. The highest BCUT2D eigenvalue weighted by atomic mass is 32.2. The molecule has 0 aromatic heterocycles. The normalized spacial score (nSPS) is 17.4. The smallest absolute Gasteiger partial charge is 0.239 e. The summed E-state index contributed by atoms with van der Waals surface area (Å²) in [4.78, 5) is 22.1. The Bertz CT molecular complexity index is 436. The molecule has 0 heterocycles. The minimum absolute atomic E-state index is 0.0105. The van der Waals surface area contributed by atoms with E-state index in [9.17, 15) is 33.3 Å². The molecule has 0 spiro atoms. The maximum atomic E-state index is 11.2. The summed E-state index contributed by atoms with van der Waals surface area (Å²) in [5.74, 6) is -3.17. The second-order valence-electron chi connectivity index (χ2n) is 3.38. The molecule has 0 amide bonds. The van der Waals surface area contributed by atoms with Gasteiger partial charge in [-0.1, -0.05) is 0 Å². The highest BCUT2D eigenvalue weighted by molar-refractivity contribution is 7.73. The van der Waals surface area contributed by atoms with E-state index in [-0.39, 0.29) is 5.37 Å². The Kier molecular flexibility index (Phi) is 6.83. The first-order valence-corrected chi connectivity index (χ1v) is 5.78. The molecule has 0 saturated carbocycles. The van der Waals surface area contributed by atoms with Gasteiger partial charge in [-0.15, -0.1) is 0 Å². The van der Waals surface area contributed by atoms with Crippen LogP contribution in [0.25, 0.3) is 0 Å². The average Bonchev–Trinajstić information content (AvgIpc) is 2.33. The van der Waals surface area contributed by atoms with Crippen LogP contribution in [-0.4, -0.2) is 76.7 Å². The summed E-state index contributed by atoms with van der Waals surface area (Å²) in [7, 11) is -2.93. The average molecular weight is 283 g/mol. The molecule has 10 heteroatoms. The lowest BCUT2D eigenvalue weighted by Gasteiger charge is -2.24. The molecule has 0 radical (unpaired) electrons. The molecule has 0 unspecified atom stereocenters. The van der Waals surface area contributed by atoms with Crippen LogP contribution in [0, 0.1) is 0 Å². The van der Waals surface area contributed by atoms with E-state index in [1.54, 1.807) is 0 Å². The number of carbonyl (C=O) groups is 2. The van der Waals surface area contributed by atoms with Crippen LogP contribution in [0.15, 0.2) is 0 Å². The standard InChI is InChI=1S/C8H13NO8S/c9-3(1-10)5(12)7(14)8(15)6(13)4(11)2-18(16)17/h2-3,5,7-8,10,12,14-15H,1,9H2/t3-,5+,7-,8+/m0/s1. The number of hydrogen-bond donors (Lipinski definition) is 5. The van der Waals surface area contributed by atoms with Crippen molar-refractivity contribution in [2.75, 3.05) is 6.61 Å². The van der Waals surface area contributed by atoms with E-state index < -0.39 is 52.8 Å². The molecule has 0 bridgehead atoms. The molecule has 18 heavy (non-hydrogen) atoms. The van der Waals surface area contributed by atoms with Gasteiger partial charge in [-0.2, -0.15) is 8.42 Å². The van der Waals surface area contributed by atoms with E-state index in [2.05, 4.69) is 0 Å². The maximum absolute atomic E-state index is 11.2. The Labute approximate surface area is 103 Å². The number of Topliss-reactive ketones (excluding diaryl/α,β-unsaturated/α-hetero) is 2. The third kappa shape index (κ3) is 4.60. The minimum Gasteiger partial charge on any atom is -0.395 e. The Morgan fingerprint density at radius 1 is 1.17 bits per heavy atom. The van der Waals surface area contributed by atoms with Crippen LogP contribution in [0.5, 0.6) is 0 Å². The molecule has 0 aliphatic carbocycles. The van der Waals surface area contributed by atoms with E-state index in [0.29, 0.717) is 0 Å². The number of ketones is 2. The van der Waals surface area contributed by atoms with Crippen molar-refractivity contribution in [1.29, 1.82) is 0 Å². The van der Waals surface area contributed by atoms with Crippen LogP contribution >= 0.6 is 0 Å². The number of aliphatic hydroxyl groups excluding tert-OH is 4. The SMILES string of the molecule is N[C@@H](CO)[C@@H](O)[C@H](O)[C@H](O)C(=O)C(=O)C=S(=O)=O. The van der Waals surface area contributed by atoms with Gasteiger partial charge in [-0.25, -0.2) is 0 Å². The van der Waals surface area contributed by atoms with Crippen LogP contribution < -0.4 is 5.73 Å². The maximum Gasteiger partial charge on any atom is 0.239 e. The molecular weight excluding hydrogens is 270 g/mol. The molecule has 0 rings (SSSR count). The van der Waals surface area contributed by atoms with E-state index in [1.807, 2.05) is 0 Å². The zero-order chi connectivity index (χ0) is 14.5. The molecule has 0 aromatic carbocycles. The molecule has 0 aliphatic rings. The highest BCUT2D eigenvalue weighted by Crippen LogP contribution is 2.05. The van der Waals surface area contributed by atoms with Crippen molar-refractivity contribution in [3.05, 3.63) is 0 Å². The van der Waals surface area contributed by atoms with E-state index in [1.165, 1.54) is 0 Å². The fraction of sp³-hybridized carbons (Fsp3) is 0.625. The lowest BCUT2D eigenvalue weighted by molar-refractivity contribution is -0.146.